The molecule has 1 N–H and O–H groups in total. The summed E-state index contributed by atoms with van der Waals surface area (Å²) < 4.78 is 31.1. The molecule has 0 atom stereocenters. The van der Waals surface area contributed by atoms with Crippen LogP contribution in [0.15, 0.2) is 42.5 Å². The van der Waals surface area contributed by atoms with Crippen molar-refractivity contribution in [2.45, 2.75) is 26.2 Å². The molecule has 0 saturated carbocycles. The Hall–Kier alpha value is -2.43. The van der Waals surface area contributed by atoms with Crippen LogP contribution in [0, 0.1) is 11.6 Å². The van der Waals surface area contributed by atoms with E-state index in [2.05, 4.69) is 26.1 Å². The van der Waals surface area contributed by atoms with Crippen LogP contribution in [0.2, 0.25) is 0 Å². The molecule has 2 aromatic rings. The van der Waals surface area contributed by atoms with Gasteiger partial charge in [0, 0.05) is 11.8 Å². The number of carbonyl (C=O) groups excluding carboxylic acids is 1. The van der Waals surface area contributed by atoms with Gasteiger partial charge in [-0.05, 0) is 29.2 Å². The smallest absolute Gasteiger partial charge is 0.262 e. The van der Waals surface area contributed by atoms with E-state index in [1.807, 2.05) is 24.3 Å². The second-order valence-electron chi connectivity index (χ2n) is 6.21. The second-order valence-corrected chi connectivity index (χ2v) is 6.21. The van der Waals surface area contributed by atoms with Gasteiger partial charge in [-0.15, -0.1) is 0 Å². The third-order valence-electron chi connectivity index (χ3n) is 3.27. The largest absolute Gasteiger partial charge is 0.484 e. The number of carbonyl (C=O) groups is 1. The highest BCUT2D eigenvalue weighted by Crippen LogP contribution is 2.29. The molecular weight excluding hydrogens is 300 g/mol. The average molecular weight is 319 g/mol. The van der Waals surface area contributed by atoms with E-state index in [0.29, 0.717) is 5.69 Å². The summed E-state index contributed by atoms with van der Waals surface area (Å²) in [6.45, 7) is 5.87. The Morgan fingerprint density at radius 3 is 2.43 bits per heavy atom. The van der Waals surface area contributed by atoms with E-state index >= 15 is 0 Å². The minimum absolute atomic E-state index is 0.100. The van der Waals surface area contributed by atoms with Crippen LogP contribution in [0.25, 0.3) is 0 Å². The van der Waals surface area contributed by atoms with Gasteiger partial charge in [0.15, 0.2) is 18.2 Å². The predicted octanol–water partition coefficient (Wildman–Crippen LogP) is 4.28. The van der Waals surface area contributed by atoms with Gasteiger partial charge in [0.25, 0.3) is 5.91 Å². The number of ether oxygens (including phenoxy) is 1. The highest BCUT2D eigenvalue weighted by molar-refractivity contribution is 5.92. The lowest BCUT2D eigenvalue weighted by atomic mass is 9.86. The number of benzene rings is 2. The van der Waals surface area contributed by atoms with Crippen LogP contribution in [0.5, 0.6) is 5.75 Å². The zero-order valence-electron chi connectivity index (χ0n) is 13.3. The molecular formula is C18H19F2NO2. The normalized spacial score (nSPS) is 11.2. The summed E-state index contributed by atoms with van der Waals surface area (Å²) >= 11 is 0. The number of nitrogens with one attached hydrogen (secondary N) is 1. The fourth-order valence-corrected chi connectivity index (χ4v) is 2.15. The van der Waals surface area contributed by atoms with Crippen LogP contribution < -0.4 is 10.1 Å². The average Bonchev–Trinajstić information content (AvgIpc) is 2.48. The van der Waals surface area contributed by atoms with Crippen molar-refractivity contribution in [2.24, 2.45) is 0 Å². The zero-order valence-corrected chi connectivity index (χ0v) is 13.3. The zero-order chi connectivity index (χ0) is 17.0. The molecule has 0 aromatic heterocycles. The quantitative estimate of drug-likeness (QED) is 0.913. The summed E-state index contributed by atoms with van der Waals surface area (Å²) in [5.41, 5.74) is 1.59. The number of rotatable bonds is 4. The second kappa shape index (κ2) is 6.77. The highest BCUT2D eigenvalue weighted by Gasteiger charge is 2.18. The van der Waals surface area contributed by atoms with E-state index in [0.717, 1.165) is 17.7 Å². The summed E-state index contributed by atoms with van der Waals surface area (Å²) in [6, 6.07) is 10.6. The van der Waals surface area contributed by atoms with Gasteiger partial charge in [0.1, 0.15) is 5.75 Å². The lowest BCUT2D eigenvalue weighted by Crippen LogP contribution is -2.23. The van der Waals surface area contributed by atoms with E-state index in [4.69, 9.17) is 4.74 Å². The Labute approximate surface area is 134 Å². The van der Waals surface area contributed by atoms with Crippen molar-refractivity contribution in [3.05, 3.63) is 59.7 Å². The molecule has 0 saturated heterocycles. The number of halogens is 2. The molecule has 0 aliphatic heterocycles. The molecule has 2 rings (SSSR count). The van der Waals surface area contributed by atoms with Gasteiger partial charge in [-0.2, -0.15) is 0 Å². The Morgan fingerprint density at radius 2 is 1.78 bits per heavy atom. The Balaban J connectivity index is 2.02. The Bertz CT molecular complexity index is 708. The Kier molecular flexibility index (Phi) is 4.98. The first-order chi connectivity index (χ1) is 10.8. The summed E-state index contributed by atoms with van der Waals surface area (Å²) in [5.74, 6) is -2.24. The molecule has 5 heteroatoms. The molecule has 23 heavy (non-hydrogen) atoms. The highest BCUT2D eigenvalue weighted by atomic mass is 19.2. The monoisotopic (exact) mass is 319 g/mol. The molecule has 1 amide bonds. The van der Waals surface area contributed by atoms with Crippen LogP contribution >= 0.6 is 0 Å². The third kappa shape index (κ3) is 4.52. The van der Waals surface area contributed by atoms with Gasteiger partial charge in [0.05, 0.1) is 0 Å². The van der Waals surface area contributed by atoms with Crippen LogP contribution in [0.3, 0.4) is 0 Å². The number of amides is 1. The van der Waals surface area contributed by atoms with E-state index in [9.17, 15) is 13.6 Å². The van der Waals surface area contributed by atoms with E-state index in [-0.39, 0.29) is 23.7 Å². The number of hydrogen-bond donors (Lipinski definition) is 1. The van der Waals surface area contributed by atoms with Crippen LogP contribution in [0.4, 0.5) is 14.5 Å². The lowest BCUT2D eigenvalue weighted by molar-refractivity contribution is -0.118. The van der Waals surface area contributed by atoms with E-state index < -0.39 is 11.6 Å². The molecule has 0 fully saturated rings. The predicted molar refractivity (Wildman–Crippen MR) is 85.6 cm³/mol. The first-order valence-corrected chi connectivity index (χ1v) is 7.24. The topological polar surface area (TPSA) is 38.3 Å². The summed E-state index contributed by atoms with van der Waals surface area (Å²) in [5, 5.41) is 2.78. The molecule has 2 aromatic carbocycles. The standard InChI is InChI=1S/C18H19F2NO2/c1-18(2,3)13-6-4-5-7-16(13)21-17(22)11-23-12-8-9-14(19)15(20)10-12/h4-10H,11H2,1-3H3,(H,21,22). The van der Waals surface area contributed by atoms with Crippen molar-refractivity contribution in [3.8, 4) is 5.75 Å². The molecule has 3 nitrogen and oxygen atoms in total. The first-order valence-electron chi connectivity index (χ1n) is 7.24. The number of anilines is 1. The summed E-state index contributed by atoms with van der Waals surface area (Å²) in [6.07, 6.45) is 0. The van der Waals surface area contributed by atoms with E-state index in [1.54, 1.807) is 0 Å². The van der Waals surface area contributed by atoms with Crippen molar-refractivity contribution < 1.29 is 18.3 Å². The first kappa shape index (κ1) is 16.9. The van der Waals surface area contributed by atoms with Gasteiger partial charge in [-0.3, -0.25) is 4.79 Å². The lowest BCUT2D eigenvalue weighted by Gasteiger charge is -2.23. The van der Waals surface area contributed by atoms with Crippen molar-refractivity contribution in [2.75, 3.05) is 11.9 Å². The fraction of sp³-hybridized carbons (Fsp3) is 0.278. The number of para-hydroxylation sites is 1. The molecule has 0 radical (unpaired) electrons. The molecule has 0 heterocycles. The van der Waals surface area contributed by atoms with Crippen LogP contribution in [0.1, 0.15) is 26.3 Å². The van der Waals surface area contributed by atoms with E-state index in [1.165, 1.54) is 6.07 Å². The summed E-state index contributed by atoms with van der Waals surface area (Å²) in [4.78, 5) is 12.0. The third-order valence-corrected chi connectivity index (χ3v) is 3.27. The van der Waals surface area contributed by atoms with Gasteiger partial charge >= 0.3 is 0 Å². The molecule has 0 bridgehead atoms. The Morgan fingerprint density at radius 1 is 1.09 bits per heavy atom. The minimum Gasteiger partial charge on any atom is -0.484 e. The van der Waals surface area contributed by atoms with Crippen LogP contribution in [-0.4, -0.2) is 12.5 Å². The number of hydrogen-bond acceptors (Lipinski definition) is 2. The maximum atomic E-state index is 13.1. The molecule has 0 aliphatic carbocycles. The summed E-state index contributed by atoms with van der Waals surface area (Å²) in [7, 11) is 0. The van der Waals surface area contributed by atoms with Gasteiger partial charge in [-0.25, -0.2) is 8.78 Å². The van der Waals surface area contributed by atoms with Gasteiger partial charge in [0.2, 0.25) is 0 Å². The van der Waals surface area contributed by atoms with Gasteiger partial charge < -0.3 is 10.1 Å². The fourth-order valence-electron chi connectivity index (χ4n) is 2.15. The van der Waals surface area contributed by atoms with Crippen molar-refractivity contribution in [1.82, 2.24) is 0 Å². The minimum atomic E-state index is -1.01. The molecule has 0 aliphatic rings. The molecule has 0 spiro atoms. The van der Waals surface area contributed by atoms with Gasteiger partial charge in [-0.1, -0.05) is 39.0 Å². The SMILES string of the molecule is CC(C)(C)c1ccccc1NC(=O)COc1ccc(F)c(F)c1. The molecule has 0 unspecified atom stereocenters. The molecule has 122 valence electrons. The maximum absolute atomic E-state index is 13.1. The van der Waals surface area contributed by atoms with Crippen LogP contribution in [-0.2, 0) is 10.2 Å². The van der Waals surface area contributed by atoms with Crippen molar-refractivity contribution in [1.29, 1.82) is 0 Å². The maximum Gasteiger partial charge on any atom is 0.262 e. The van der Waals surface area contributed by atoms with Crippen molar-refractivity contribution in [3.63, 3.8) is 0 Å². The van der Waals surface area contributed by atoms with Crippen molar-refractivity contribution >= 4 is 11.6 Å².